The minimum Gasteiger partial charge on any atom is -0.351 e. The quantitative estimate of drug-likeness (QED) is 0.686. The number of halogens is 1. The maximum Gasteiger partial charge on any atom is 0.193 e. The third-order valence-electron chi connectivity index (χ3n) is 4.50. The highest BCUT2D eigenvalue weighted by Gasteiger charge is 2.25. The van der Waals surface area contributed by atoms with Gasteiger partial charge >= 0.3 is 0 Å². The SMILES string of the molecule is CN=C(NCc1ccnc(C)n1)N1CCC(Cc2ccc(F)cc2)C1. The first-order valence-electron chi connectivity index (χ1n) is 8.62. The molecule has 25 heavy (non-hydrogen) atoms. The minimum absolute atomic E-state index is 0.179. The lowest BCUT2D eigenvalue weighted by Crippen LogP contribution is -2.39. The van der Waals surface area contributed by atoms with Gasteiger partial charge in [0.05, 0.1) is 12.2 Å². The summed E-state index contributed by atoms with van der Waals surface area (Å²) in [5.41, 5.74) is 2.14. The molecule has 0 spiro atoms. The summed E-state index contributed by atoms with van der Waals surface area (Å²) in [5.74, 6) is 2.05. The van der Waals surface area contributed by atoms with E-state index in [9.17, 15) is 4.39 Å². The monoisotopic (exact) mass is 341 g/mol. The fourth-order valence-corrected chi connectivity index (χ4v) is 3.25. The van der Waals surface area contributed by atoms with Crippen LogP contribution in [-0.4, -0.2) is 41.0 Å². The number of nitrogens with one attached hydrogen (secondary N) is 1. The van der Waals surface area contributed by atoms with Gasteiger partial charge in [0, 0.05) is 26.3 Å². The van der Waals surface area contributed by atoms with Crippen molar-refractivity contribution >= 4 is 5.96 Å². The van der Waals surface area contributed by atoms with Crippen molar-refractivity contribution in [1.82, 2.24) is 20.2 Å². The standard InChI is InChI=1S/C19H24FN5/c1-14-22-9-7-18(24-14)12-23-19(21-2)25-10-8-16(13-25)11-15-3-5-17(20)6-4-15/h3-7,9,16H,8,10-13H2,1-2H3,(H,21,23). The van der Waals surface area contributed by atoms with Crippen LogP contribution in [0.1, 0.15) is 23.5 Å². The Hall–Kier alpha value is -2.50. The Morgan fingerprint density at radius 1 is 1.32 bits per heavy atom. The molecule has 2 heterocycles. The van der Waals surface area contributed by atoms with Crippen LogP contribution in [0.2, 0.25) is 0 Å². The number of rotatable bonds is 4. The first-order chi connectivity index (χ1) is 12.1. The van der Waals surface area contributed by atoms with E-state index in [0.717, 1.165) is 43.4 Å². The zero-order valence-corrected chi connectivity index (χ0v) is 14.7. The molecule has 1 fully saturated rings. The van der Waals surface area contributed by atoms with E-state index in [2.05, 4.69) is 25.2 Å². The van der Waals surface area contributed by atoms with Gasteiger partial charge in [-0.25, -0.2) is 14.4 Å². The van der Waals surface area contributed by atoms with Gasteiger partial charge in [0.15, 0.2) is 5.96 Å². The summed E-state index contributed by atoms with van der Waals surface area (Å²) < 4.78 is 13.0. The van der Waals surface area contributed by atoms with Gasteiger partial charge in [0.1, 0.15) is 11.6 Å². The van der Waals surface area contributed by atoms with Gasteiger partial charge < -0.3 is 10.2 Å². The van der Waals surface area contributed by atoms with Crippen molar-refractivity contribution in [3.63, 3.8) is 0 Å². The first kappa shape index (κ1) is 17.3. The minimum atomic E-state index is -0.179. The van der Waals surface area contributed by atoms with Crippen molar-refractivity contribution in [2.45, 2.75) is 26.3 Å². The molecule has 1 N–H and O–H groups in total. The number of hydrogen-bond donors (Lipinski definition) is 1. The Labute approximate surface area is 148 Å². The number of guanidine groups is 1. The molecule has 3 rings (SSSR count). The first-order valence-corrected chi connectivity index (χ1v) is 8.62. The molecule has 0 aliphatic carbocycles. The zero-order valence-electron chi connectivity index (χ0n) is 14.7. The van der Waals surface area contributed by atoms with Crippen LogP contribution in [0, 0.1) is 18.7 Å². The molecule has 1 aromatic carbocycles. The third-order valence-corrected chi connectivity index (χ3v) is 4.50. The van der Waals surface area contributed by atoms with Crippen LogP contribution in [0.25, 0.3) is 0 Å². The fourth-order valence-electron chi connectivity index (χ4n) is 3.25. The van der Waals surface area contributed by atoms with Crippen LogP contribution in [-0.2, 0) is 13.0 Å². The van der Waals surface area contributed by atoms with E-state index in [-0.39, 0.29) is 5.82 Å². The molecule has 1 aliphatic heterocycles. The Morgan fingerprint density at radius 3 is 2.84 bits per heavy atom. The van der Waals surface area contributed by atoms with Gasteiger partial charge in [0.2, 0.25) is 0 Å². The molecular weight excluding hydrogens is 317 g/mol. The van der Waals surface area contributed by atoms with Crippen LogP contribution in [0.4, 0.5) is 4.39 Å². The van der Waals surface area contributed by atoms with Gasteiger partial charge in [-0.2, -0.15) is 0 Å². The van der Waals surface area contributed by atoms with Gasteiger partial charge in [-0.1, -0.05) is 12.1 Å². The van der Waals surface area contributed by atoms with E-state index in [1.54, 1.807) is 13.2 Å². The van der Waals surface area contributed by atoms with E-state index >= 15 is 0 Å². The Morgan fingerprint density at radius 2 is 2.12 bits per heavy atom. The predicted octanol–water partition coefficient (Wildman–Crippen LogP) is 2.56. The summed E-state index contributed by atoms with van der Waals surface area (Å²) in [6.07, 6.45) is 3.86. The molecule has 1 saturated heterocycles. The van der Waals surface area contributed by atoms with E-state index in [1.807, 2.05) is 25.1 Å². The number of aromatic nitrogens is 2. The molecule has 6 heteroatoms. The average Bonchev–Trinajstić information content (AvgIpc) is 3.06. The van der Waals surface area contributed by atoms with E-state index in [0.29, 0.717) is 12.5 Å². The molecule has 5 nitrogen and oxygen atoms in total. The number of aliphatic imine (C=N–C) groups is 1. The number of aryl methyl sites for hydroxylation is 1. The largest absolute Gasteiger partial charge is 0.351 e. The zero-order chi connectivity index (χ0) is 17.6. The molecule has 0 radical (unpaired) electrons. The lowest BCUT2D eigenvalue weighted by Gasteiger charge is -2.21. The molecule has 2 aromatic rings. The highest BCUT2D eigenvalue weighted by atomic mass is 19.1. The molecule has 132 valence electrons. The highest BCUT2D eigenvalue weighted by Crippen LogP contribution is 2.21. The number of nitrogens with zero attached hydrogens (tertiary/aromatic N) is 4. The van der Waals surface area contributed by atoms with Crippen molar-refractivity contribution in [1.29, 1.82) is 0 Å². The summed E-state index contributed by atoms with van der Waals surface area (Å²) in [7, 11) is 1.81. The smallest absolute Gasteiger partial charge is 0.193 e. The van der Waals surface area contributed by atoms with Gasteiger partial charge in [-0.05, 0) is 49.4 Å². The fraction of sp³-hybridized carbons (Fsp3) is 0.421. The van der Waals surface area contributed by atoms with Crippen molar-refractivity contribution < 1.29 is 4.39 Å². The Bertz CT molecular complexity index is 729. The summed E-state index contributed by atoms with van der Waals surface area (Å²) >= 11 is 0. The molecule has 1 atom stereocenters. The average molecular weight is 341 g/mol. The Balaban J connectivity index is 1.53. The van der Waals surface area contributed by atoms with E-state index in [1.165, 1.54) is 17.7 Å². The van der Waals surface area contributed by atoms with Gasteiger partial charge in [0.25, 0.3) is 0 Å². The second kappa shape index (κ2) is 8.05. The van der Waals surface area contributed by atoms with E-state index < -0.39 is 0 Å². The van der Waals surface area contributed by atoms with E-state index in [4.69, 9.17) is 0 Å². The second-order valence-electron chi connectivity index (χ2n) is 6.43. The summed E-state index contributed by atoms with van der Waals surface area (Å²) in [4.78, 5) is 15.2. The topological polar surface area (TPSA) is 53.4 Å². The lowest BCUT2D eigenvalue weighted by molar-refractivity contribution is 0.459. The molecule has 1 aliphatic rings. The van der Waals surface area contributed by atoms with Crippen LogP contribution < -0.4 is 5.32 Å². The second-order valence-corrected chi connectivity index (χ2v) is 6.43. The summed E-state index contributed by atoms with van der Waals surface area (Å²) in [5, 5.41) is 3.38. The number of benzene rings is 1. The normalized spacial score (nSPS) is 17.8. The third kappa shape index (κ3) is 4.75. The van der Waals surface area contributed by atoms with Crippen LogP contribution in [0.5, 0.6) is 0 Å². The predicted molar refractivity (Wildman–Crippen MR) is 96.8 cm³/mol. The number of hydrogen-bond acceptors (Lipinski definition) is 3. The lowest BCUT2D eigenvalue weighted by atomic mass is 9.99. The summed E-state index contributed by atoms with van der Waals surface area (Å²) in [6, 6.07) is 8.73. The van der Waals surface area contributed by atoms with Crippen molar-refractivity contribution in [2.75, 3.05) is 20.1 Å². The van der Waals surface area contributed by atoms with Crippen LogP contribution in [0.15, 0.2) is 41.5 Å². The van der Waals surface area contributed by atoms with Crippen LogP contribution >= 0.6 is 0 Å². The molecular formula is C19H24FN5. The number of likely N-dealkylation sites (tertiary alicyclic amines) is 1. The Kier molecular flexibility index (Phi) is 5.58. The maximum absolute atomic E-state index is 13.0. The van der Waals surface area contributed by atoms with Crippen molar-refractivity contribution in [2.24, 2.45) is 10.9 Å². The highest BCUT2D eigenvalue weighted by molar-refractivity contribution is 5.80. The summed E-state index contributed by atoms with van der Waals surface area (Å²) in [6.45, 7) is 4.46. The van der Waals surface area contributed by atoms with Gasteiger partial charge in [-0.3, -0.25) is 4.99 Å². The van der Waals surface area contributed by atoms with Crippen molar-refractivity contribution in [3.8, 4) is 0 Å². The van der Waals surface area contributed by atoms with Gasteiger partial charge in [-0.15, -0.1) is 0 Å². The van der Waals surface area contributed by atoms with Crippen molar-refractivity contribution in [3.05, 3.63) is 59.4 Å². The van der Waals surface area contributed by atoms with Crippen LogP contribution in [0.3, 0.4) is 0 Å². The maximum atomic E-state index is 13.0. The molecule has 1 unspecified atom stereocenters. The molecule has 0 bridgehead atoms. The molecule has 1 aromatic heterocycles. The molecule has 0 amide bonds. The molecule has 0 saturated carbocycles.